The van der Waals surface area contributed by atoms with Gasteiger partial charge in [-0.15, -0.1) is 10.2 Å². The normalized spacial score (nSPS) is 15.2. The average molecular weight is 833 g/mol. The van der Waals surface area contributed by atoms with E-state index in [4.69, 9.17) is 11.5 Å². The van der Waals surface area contributed by atoms with Crippen molar-refractivity contribution in [2.24, 2.45) is 15.3 Å². The molecule has 0 spiro atoms. The van der Waals surface area contributed by atoms with Crippen molar-refractivity contribution in [1.82, 2.24) is 0 Å². The van der Waals surface area contributed by atoms with Gasteiger partial charge in [-0.3, -0.25) is 33.0 Å². The maximum Gasteiger partial charge on any atom is 0.297 e. The van der Waals surface area contributed by atoms with Gasteiger partial charge in [-0.25, -0.2) is 0 Å². The van der Waals surface area contributed by atoms with Gasteiger partial charge in [0.05, 0.1) is 16.9 Å². The second kappa shape index (κ2) is 13.0. The molecule has 0 fully saturated rings. The van der Waals surface area contributed by atoms with E-state index in [9.17, 15) is 69.6 Å². The molecular formula is C26H20N6O16S5. The van der Waals surface area contributed by atoms with Crippen LogP contribution in [0.2, 0.25) is 0 Å². The summed E-state index contributed by atoms with van der Waals surface area (Å²) in [6.07, 6.45) is 0.481. The Morgan fingerprint density at radius 2 is 1.25 bits per heavy atom. The first-order valence-corrected chi connectivity index (χ1v) is 20.7. The summed E-state index contributed by atoms with van der Waals surface area (Å²) in [6.45, 7) is 0. The van der Waals surface area contributed by atoms with Crippen LogP contribution in [-0.2, 0) is 50.6 Å². The Morgan fingerprint density at radius 3 is 1.81 bits per heavy atom. The quantitative estimate of drug-likeness (QED) is 0.0519. The Labute approximate surface area is 298 Å². The Kier molecular flexibility index (Phi) is 9.57. The van der Waals surface area contributed by atoms with Crippen LogP contribution in [0, 0.1) is 0 Å². The molecule has 0 bridgehead atoms. The molecule has 4 aromatic rings. The fourth-order valence-electron chi connectivity index (χ4n) is 5.04. The maximum absolute atomic E-state index is 13.8. The number of azo groups is 1. The zero-order chi connectivity index (χ0) is 39.6. The molecule has 0 radical (unpaired) electrons. The number of allylic oxidation sites excluding steroid dienone is 1. The average Bonchev–Trinajstić information content (AvgIpc) is 3.00. The number of nitrogen functional groups attached to an aromatic ring is 2. The highest BCUT2D eigenvalue weighted by molar-refractivity contribution is 7.91. The number of fused-ring (bicyclic) bond motifs is 2. The van der Waals surface area contributed by atoms with E-state index in [1.165, 1.54) is 0 Å². The molecule has 1 aliphatic carbocycles. The zero-order valence-corrected chi connectivity index (χ0v) is 29.6. The van der Waals surface area contributed by atoms with Crippen molar-refractivity contribution in [1.29, 1.82) is 0 Å². The van der Waals surface area contributed by atoms with Crippen LogP contribution in [0.5, 0.6) is 0 Å². The summed E-state index contributed by atoms with van der Waals surface area (Å²) in [6, 6.07) is 7.93. The van der Waals surface area contributed by atoms with Crippen LogP contribution < -0.4 is 16.9 Å². The summed E-state index contributed by atoms with van der Waals surface area (Å²) in [7, 11) is -26.1. The molecular weight excluding hydrogens is 813 g/mol. The molecule has 0 saturated carbocycles. The number of Topliss-reactive ketones (excluding diaryl/α,β-unsaturated/α-hetero) is 1. The van der Waals surface area contributed by atoms with Gasteiger partial charge in [-0.1, -0.05) is 18.2 Å². The number of nitrogens with zero attached hydrogens (tertiary/aromatic N) is 3. The summed E-state index contributed by atoms with van der Waals surface area (Å²) < 4.78 is 171. The van der Waals surface area contributed by atoms with E-state index in [0.717, 1.165) is 48.5 Å². The van der Waals surface area contributed by atoms with Gasteiger partial charge in [0, 0.05) is 16.5 Å². The highest BCUT2D eigenvalue weighted by Gasteiger charge is 2.37. The molecule has 0 heterocycles. The van der Waals surface area contributed by atoms with Gasteiger partial charge in [0.15, 0.2) is 5.71 Å². The molecule has 22 nitrogen and oxygen atoms in total. The third-order valence-corrected chi connectivity index (χ3v) is 11.7. The van der Waals surface area contributed by atoms with E-state index in [1.807, 2.05) is 5.43 Å². The molecule has 5 rings (SSSR count). The molecule has 10 N–H and O–H groups in total. The lowest BCUT2D eigenvalue weighted by molar-refractivity contribution is 0.106. The third kappa shape index (κ3) is 7.64. The third-order valence-electron chi connectivity index (χ3n) is 7.17. The molecule has 280 valence electrons. The van der Waals surface area contributed by atoms with E-state index >= 15 is 0 Å². The molecule has 27 heteroatoms. The molecule has 1 aliphatic rings. The number of anilines is 3. The number of hydrazone groups is 1. The first-order valence-electron chi connectivity index (χ1n) is 13.5. The second-order valence-corrected chi connectivity index (χ2v) is 17.5. The van der Waals surface area contributed by atoms with Gasteiger partial charge < -0.3 is 11.5 Å². The summed E-state index contributed by atoms with van der Waals surface area (Å²) in [5.74, 6) is -1.52. The largest absolute Gasteiger partial charge is 0.399 e. The number of ketones is 1. The zero-order valence-electron chi connectivity index (χ0n) is 25.5. The van der Waals surface area contributed by atoms with Gasteiger partial charge >= 0.3 is 0 Å². The minimum Gasteiger partial charge on any atom is -0.399 e. The summed E-state index contributed by atoms with van der Waals surface area (Å²) in [4.78, 5) is 8.57. The van der Waals surface area contributed by atoms with Crippen LogP contribution in [0.25, 0.3) is 16.8 Å². The fourth-order valence-corrected chi connectivity index (χ4v) is 8.53. The molecule has 53 heavy (non-hydrogen) atoms. The van der Waals surface area contributed by atoms with Gasteiger partial charge in [0.1, 0.15) is 35.9 Å². The molecule has 4 aromatic carbocycles. The van der Waals surface area contributed by atoms with Gasteiger partial charge in [-0.2, -0.15) is 47.2 Å². The van der Waals surface area contributed by atoms with Gasteiger partial charge in [0.25, 0.3) is 50.6 Å². The second-order valence-electron chi connectivity index (χ2n) is 10.6. The Balaban J connectivity index is 1.75. The molecule has 0 saturated heterocycles. The van der Waals surface area contributed by atoms with E-state index in [2.05, 4.69) is 15.3 Å². The van der Waals surface area contributed by atoms with Crippen LogP contribution in [0.3, 0.4) is 0 Å². The van der Waals surface area contributed by atoms with Gasteiger partial charge in [0.2, 0.25) is 5.78 Å². The van der Waals surface area contributed by atoms with Crippen molar-refractivity contribution in [3.63, 3.8) is 0 Å². The van der Waals surface area contributed by atoms with Crippen molar-refractivity contribution in [3.8, 4) is 0 Å². The topological polar surface area (TPSA) is 390 Å². The van der Waals surface area contributed by atoms with E-state index < -0.39 is 131 Å². The molecule has 0 aromatic heterocycles. The number of carbonyl (C=O) groups excluding carboxylic acids is 1. The van der Waals surface area contributed by atoms with Gasteiger partial charge in [-0.05, 0) is 48.0 Å². The lowest BCUT2D eigenvalue weighted by Crippen LogP contribution is -2.28. The summed E-state index contributed by atoms with van der Waals surface area (Å²) in [5.41, 5.74) is 7.55. The highest BCUT2D eigenvalue weighted by atomic mass is 32.2. The lowest BCUT2D eigenvalue weighted by Gasteiger charge is -2.20. The maximum atomic E-state index is 13.8. The standard InChI is InChI=1S/C26H20N6O16S5/c27-12-4-7-18(50(37,38)39)16(10-12)30-31-23-19(51(40,41)42)8-11-9-20(52(43,44)45)24(25(33)21(11)22(23)28)32-29-15-6-5-13-14(26(15)53(46,47)48)2-1-3-17(13)49(34,35)36/h1-10,29H,27-28H2,(H,34,35,36)(H,37,38,39)(H,40,41,42)(H,43,44,45)(H,46,47,48)/b31-30+,32-24+. The van der Waals surface area contributed by atoms with Crippen LogP contribution in [0.1, 0.15) is 15.9 Å². The number of hydrogen-bond acceptors (Lipinski definition) is 17. The van der Waals surface area contributed by atoms with Crippen molar-refractivity contribution in [2.75, 3.05) is 16.9 Å². The van der Waals surface area contributed by atoms with Crippen molar-refractivity contribution in [2.45, 2.75) is 19.6 Å². The smallest absolute Gasteiger partial charge is 0.297 e. The molecule has 0 amide bonds. The number of nitrogens with one attached hydrogen (secondary N) is 1. The molecule has 0 aliphatic heterocycles. The number of nitrogens with two attached hydrogens (primary N) is 2. The monoisotopic (exact) mass is 832 g/mol. The Bertz CT molecular complexity index is 2980. The number of benzene rings is 4. The first kappa shape index (κ1) is 39.0. The first-order chi connectivity index (χ1) is 24.2. The van der Waals surface area contributed by atoms with Crippen LogP contribution in [0.15, 0.2) is 94.4 Å². The van der Waals surface area contributed by atoms with E-state index in [1.54, 1.807) is 0 Å². The van der Waals surface area contributed by atoms with E-state index in [-0.39, 0.29) is 5.69 Å². The number of carbonyl (C=O) groups is 1. The lowest BCUT2D eigenvalue weighted by atomic mass is 9.92. The summed E-state index contributed by atoms with van der Waals surface area (Å²) >= 11 is 0. The predicted octanol–water partition coefficient (Wildman–Crippen LogP) is 2.30. The Morgan fingerprint density at radius 1 is 0.623 bits per heavy atom. The fraction of sp³-hybridized carbons (Fsp3) is 0. The van der Waals surface area contributed by atoms with Crippen molar-refractivity contribution >= 4 is 107 Å². The molecule has 0 unspecified atom stereocenters. The highest BCUT2D eigenvalue weighted by Crippen LogP contribution is 2.42. The SMILES string of the molecule is Nc1ccc(S(=O)(=O)O)c(/N=N/c2c(S(=O)(=O)O)cc3c(c2N)C(=O)/C(=N/Nc2ccc4c(S(=O)(=O)O)cccc4c2S(=O)(=O)O)C(S(=O)(=O)O)=C3)c1. The van der Waals surface area contributed by atoms with Crippen molar-refractivity contribution < 1.29 is 69.6 Å². The van der Waals surface area contributed by atoms with Crippen LogP contribution in [0.4, 0.5) is 28.4 Å². The summed E-state index contributed by atoms with van der Waals surface area (Å²) in [5, 5.41) is 9.79. The van der Waals surface area contributed by atoms with E-state index in [0.29, 0.717) is 12.1 Å². The van der Waals surface area contributed by atoms with Crippen LogP contribution in [-0.4, -0.2) is 76.3 Å². The minimum atomic E-state index is -5.47. The number of hydrogen-bond donors (Lipinski definition) is 8. The number of rotatable bonds is 9. The Hall–Kier alpha value is -5.23. The van der Waals surface area contributed by atoms with Crippen molar-refractivity contribution in [3.05, 3.63) is 70.6 Å². The minimum absolute atomic E-state index is 0.117. The van der Waals surface area contributed by atoms with Crippen LogP contribution >= 0.6 is 0 Å². The molecule has 0 atom stereocenters. The predicted molar refractivity (Wildman–Crippen MR) is 184 cm³/mol.